The molecular weight excluding hydrogens is 402 g/mol. The third kappa shape index (κ3) is 3.78. The fourth-order valence-electron chi connectivity index (χ4n) is 4.23. The number of amides is 1. The highest BCUT2D eigenvalue weighted by Crippen LogP contribution is 2.29. The number of H-pyrrole nitrogens is 1. The number of nitrogens with one attached hydrogen (secondary N) is 2. The van der Waals surface area contributed by atoms with Crippen molar-refractivity contribution in [1.82, 2.24) is 20.1 Å². The van der Waals surface area contributed by atoms with Crippen molar-refractivity contribution in [3.63, 3.8) is 0 Å². The number of carbonyl (C=O) groups is 1. The molecule has 1 amide bonds. The molecule has 2 N–H and O–H groups in total. The number of carbonyl (C=O) groups excluding carboxylic acids is 1. The minimum atomic E-state index is -0.256. The number of likely N-dealkylation sites (N-methyl/N-ethyl adjacent to an activating group) is 1. The Morgan fingerprint density at radius 3 is 2.81 bits per heavy atom. The number of hydrogen-bond acceptors (Lipinski definition) is 5. The molecule has 0 unspecified atom stereocenters. The molecule has 2 aromatic heterocycles. The van der Waals surface area contributed by atoms with Crippen molar-refractivity contribution in [1.29, 1.82) is 0 Å². The molecule has 0 fully saturated rings. The van der Waals surface area contributed by atoms with Crippen molar-refractivity contribution >= 4 is 22.5 Å². The zero-order chi connectivity index (χ0) is 22.1. The number of fused-ring (bicyclic) bond motifs is 2. The summed E-state index contributed by atoms with van der Waals surface area (Å²) in [5, 5.41) is 10.5. The summed E-state index contributed by atoms with van der Waals surface area (Å²) in [6.07, 6.45) is 0.835. The van der Waals surface area contributed by atoms with E-state index in [1.54, 1.807) is 6.07 Å². The average molecular weight is 425 g/mol. The van der Waals surface area contributed by atoms with Crippen LogP contribution < -0.4 is 10.9 Å². The van der Waals surface area contributed by atoms with E-state index in [-0.39, 0.29) is 11.5 Å². The third-order valence-electron chi connectivity index (χ3n) is 5.90. The van der Waals surface area contributed by atoms with Gasteiger partial charge in [-0.2, -0.15) is 5.10 Å². The number of anilines is 1. The Bertz CT molecular complexity index is 1360. The first kappa shape index (κ1) is 20.1. The van der Waals surface area contributed by atoms with Crippen LogP contribution in [0, 0.1) is 0 Å². The quantitative estimate of drug-likeness (QED) is 0.521. The molecule has 3 heterocycles. The minimum absolute atomic E-state index is 0.149. The van der Waals surface area contributed by atoms with E-state index in [0.717, 1.165) is 47.2 Å². The van der Waals surface area contributed by atoms with Crippen molar-refractivity contribution in [2.45, 2.75) is 19.9 Å². The van der Waals surface area contributed by atoms with Crippen molar-refractivity contribution in [2.75, 3.05) is 18.4 Å². The van der Waals surface area contributed by atoms with E-state index >= 15 is 0 Å². The van der Waals surface area contributed by atoms with Gasteiger partial charge in [0, 0.05) is 53.5 Å². The third-order valence-corrected chi connectivity index (χ3v) is 5.90. The lowest BCUT2D eigenvalue weighted by atomic mass is 9.95. The number of rotatable bonds is 4. The van der Waals surface area contributed by atoms with Crippen LogP contribution in [0.15, 0.2) is 65.5 Å². The van der Waals surface area contributed by atoms with Crippen molar-refractivity contribution in [3.8, 4) is 11.3 Å². The Hall–Kier alpha value is -3.84. The lowest BCUT2D eigenvalue weighted by molar-refractivity contribution is 0.102. The normalized spacial score (nSPS) is 13.7. The van der Waals surface area contributed by atoms with Crippen molar-refractivity contribution < 1.29 is 4.79 Å². The standard InChI is InChI=1S/C25H23N5O2/c1-2-30-13-12-22-19(15-30)24(18-8-3-4-9-21(18)27-22)25(32)26-17-7-5-6-16(14-17)20-10-11-23(31)29-28-20/h3-11,14H,2,12-13,15H2,1H3,(H,26,32)(H,29,31). The van der Waals surface area contributed by atoms with E-state index in [1.807, 2.05) is 48.5 Å². The molecule has 7 nitrogen and oxygen atoms in total. The first-order valence-corrected chi connectivity index (χ1v) is 10.7. The predicted molar refractivity (Wildman–Crippen MR) is 125 cm³/mol. The van der Waals surface area contributed by atoms with Crippen LogP contribution in [0.4, 0.5) is 5.69 Å². The second-order valence-corrected chi connectivity index (χ2v) is 7.89. The zero-order valence-corrected chi connectivity index (χ0v) is 17.8. The Morgan fingerprint density at radius 1 is 1.12 bits per heavy atom. The van der Waals surface area contributed by atoms with Gasteiger partial charge in [0.15, 0.2) is 0 Å². The smallest absolute Gasteiger partial charge is 0.264 e. The molecule has 0 bridgehead atoms. The summed E-state index contributed by atoms with van der Waals surface area (Å²) in [7, 11) is 0. The molecule has 5 rings (SSSR count). The number of aromatic nitrogens is 3. The van der Waals surface area contributed by atoms with Crippen LogP contribution in [-0.4, -0.2) is 39.1 Å². The average Bonchev–Trinajstić information content (AvgIpc) is 2.82. The SMILES string of the molecule is CCN1CCc2nc3ccccc3c(C(=O)Nc3cccc(-c4ccc(=O)[nH]n4)c3)c2C1. The van der Waals surface area contributed by atoms with Crippen molar-refractivity contribution in [2.24, 2.45) is 0 Å². The molecule has 2 aromatic carbocycles. The molecule has 32 heavy (non-hydrogen) atoms. The minimum Gasteiger partial charge on any atom is -0.322 e. The highest BCUT2D eigenvalue weighted by atomic mass is 16.1. The predicted octanol–water partition coefficient (Wildman–Crippen LogP) is 3.62. The van der Waals surface area contributed by atoms with Gasteiger partial charge < -0.3 is 5.32 Å². The fraction of sp³-hybridized carbons (Fsp3) is 0.200. The number of para-hydroxylation sites is 1. The summed E-state index contributed by atoms with van der Waals surface area (Å²) in [6, 6.07) is 18.4. The van der Waals surface area contributed by atoms with Gasteiger partial charge in [0.2, 0.25) is 0 Å². The highest BCUT2D eigenvalue weighted by Gasteiger charge is 2.25. The molecule has 1 aliphatic rings. The largest absolute Gasteiger partial charge is 0.322 e. The molecule has 0 saturated heterocycles. The summed E-state index contributed by atoms with van der Waals surface area (Å²) >= 11 is 0. The Kier molecular flexibility index (Phi) is 5.25. The van der Waals surface area contributed by atoms with E-state index in [0.29, 0.717) is 23.5 Å². The number of pyridine rings is 1. The summed E-state index contributed by atoms with van der Waals surface area (Å²) in [5.74, 6) is -0.149. The van der Waals surface area contributed by atoms with Gasteiger partial charge in [-0.05, 0) is 30.8 Å². The van der Waals surface area contributed by atoms with E-state index in [9.17, 15) is 9.59 Å². The highest BCUT2D eigenvalue weighted by molar-refractivity contribution is 6.13. The Balaban J connectivity index is 1.54. The topological polar surface area (TPSA) is 91.0 Å². The molecule has 1 aliphatic heterocycles. The molecule has 0 radical (unpaired) electrons. The second-order valence-electron chi connectivity index (χ2n) is 7.89. The van der Waals surface area contributed by atoms with Crippen LogP contribution in [0.25, 0.3) is 22.2 Å². The molecular formula is C25H23N5O2. The van der Waals surface area contributed by atoms with Crippen LogP contribution in [0.3, 0.4) is 0 Å². The molecule has 7 heteroatoms. The van der Waals surface area contributed by atoms with Gasteiger partial charge in [-0.3, -0.25) is 19.5 Å². The van der Waals surface area contributed by atoms with Crippen LogP contribution in [0.5, 0.6) is 0 Å². The summed E-state index contributed by atoms with van der Waals surface area (Å²) in [4.78, 5) is 32.1. The van der Waals surface area contributed by atoms with E-state index in [4.69, 9.17) is 4.98 Å². The first-order chi connectivity index (χ1) is 15.6. The number of benzene rings is 2. The molecule has 4 aromatic rings. The summed E-state index contributed by atoms with van der Waals surface area (Å²) in [5.41, 5.74) is 5.39. The fourth-order valence-corrected chi connectivity index (χ4v) is 4.23. The van der Waals surface area contributed by atoms with E-state index in [2.05, 4.69) is 27.3 Å². The van der Waals surface area contributed by atoms with Gasteiger partial charge in [-0.15, -0.1) is 0 Å². The molecule has 0 atom stereocenters. The van der Waals surface area contributed by atoms with Crippen LogP contribution in [0.1, 0.15) is 28.5 Å². The summed E-state index contributed by atoms with van der Waals surface area (Å²) < 4.78 is 0. The van der Waals surface area contributed by atoms with E-state index < -0.39 is 0 Å². The van der Waals surface area contributed by atoms with Gasteiger partial charge in [-0.25, -0.2) is 5.10 Å². The lowest BCUT2D eigenvalue weighted by Gasteiger charge is -2.29. The first-order valence-electron chi connectivity index (χ1n) is 10.7. The molecule has 160 valence electrons. The summed E-state index contributed by atoms with van der Waals surface area (Å²) in [6.45, 7) is 4.73. The maximum Gasteiger partial charge on any atom is 0.264 e. The van der Waals surface area contributed by atoms with Crippen LogP contribution in [-0.2, 0) is 13.0 Å². The Morgan fingerprint density at radius 2 is 2.00 bits per heavy atom. The maximum absolute atomic E-state index is 13.6. The molecule has 0 saturated carbocycles. The van der Waals surface area contributed by atoms with Crippen LogP contribution >= 0.6 is 0 Å². The molecule has 0 aliphatic carbocycles. The van der Waals surface area contributed by atoms with Gasteiger partial charge in [-0.1, -0.05) is 37.3 Å². The van der Waals surface area contributed by atoms with Gasteiger partial charge >= 0.3 is 0 Å². The number of hydrogen-bond donors (Lipinski definition) is 2. The monoisotopic (exact) mass is 425 g/mol. The van der Waals surface area contributed by atoms with Gasteiger partial charge in [0.25, 0.3) is 11.5 Å². The van der Waals surface area contributed by atoms with Crippen molar-refractivity contribution in [3.05, 3.63) is 87.8 Å². The van der Waals surface area contributed by atoms with E-state index in [1.165, 1.54) is 6.07 Å². The maximum atomic E-state index is 13.6. The Labute approximate surface area is 185 Å². The number of aromatic amines is 1. The van der Waals surface area contributed by atoms with Gasteiger partial charge in [0.05, 0.1) is 16.8 Å². The number of nitrogens with zero attached hydrogens (tertiary/aromatic N) is 3. The lowest BCUT2D eigenvalue weighted by Crippen LogP contribution is -2.33. The van der Waals surface area contributed by atoms with Crippen LogP contribution in [0.2, 0.25) is 0 Å². The second kappa shape index (κ2) is 8.36. The molecule has 0 spiro atoms. The van der Waals surface area contributed by atoms with Gasteiger partial charge in [0.1, 0.15) is 0 Å². The zero-order valence-electron chi connectivity index (χ0n) is 17.8.